The number of fused-ring (bicyclic) bond motifs is 2. The predicted molar refractivity (Wildman–Crippen MR) is 161 cm³/mol. The number of carbonyl (C=O) groups excluding carboxylic acids is 1. The van der Waals surface area contributed by atoms with E-state index in [0.29, 0.717) is 5.92 Å². The van der Waals surface area contributed by atoms with Gasteiger partial charge in [-0.15, -0.1) is 0 Å². The number of hydrogen-bond donors (Lipinski definition) is 1. The average molecular weight is 537 g/mol. The van der Waals surface area contributed by atoms with Gasteiger partial charge in [0.15, 0.2) is 0 Å². The lowest BCUT2D eigenvalue weighted by atomic mass is 9.87. The van der Waals surface area contributed by atoms with Crippen molar-refractivity contribution in [3.63, 3.8) is 0 Å². The van der Waals surface area contributed by atoms with Crippen molar-refractivity contribution in [2.75, 3.05) is 45.2 Å². The van der Waals surface area contributed by atoms with Gasteiger partial charge in [0.25, 0.3) is 0 Å². The monoisotopic (exact) mass is 536 g/mol. The first-order chi connectivity index (χ1) is 18.3. The molecule has 2 aromatic carbocycles. The lowest BCUT2D eigenvalue weighted by Crippen LogP contribution is -2.54. The van der Waals surface area contributed by atoms with Crippen LogP contribution in [0, 0.1) is 5.92 Å². The number of aromatic amines is 1. The molecule has 2 heterocycles. The molecule has 206 valence electrons. The van der Waals surface area contributed by atoms with Crippen LogP contribution in [0.5, 0.6) is 0 Å². The van der Waals surface area contributed by atoms with Gasteiger partial charge in [-0.2, -0.15) is 0 Å². The van der Waals surface area contributed by atoms with Gasteiger partial charge in [0.05, 0.1) is 6.04 Å². The fraction of sp³-hybridized carbons (Fsp3) is 0.531. The number of rotatable bonds is 12. The van der Waals surface area contributed by atoms with Gasteiger partial charge in [0.1, 0.15) is 0 Å². The number of carbonyl (C=O) groups is 1. The van der Waals surface area contributed by atoms with Gasteiger partial charge in [-0.1, -0.05) is 63.4 Å². The Morgan fingerprint density at radius 1 is 1.11 bits per heavy atom. The second kappa shape index (κ2) is 13.1. The van der Waals surface area contributed by atoms with Crippen molar-refractivity contribution in [1.29, 1.82) is 0 Å². The fourth-order valence-electron chi connectivity index (χ4n) is 6.16. The molecule has 0 bridgehead atoms. The Morgan fingerprint density at radius 2 is 1.82 bits per heavy atom. The van der Waals surface area contributed by atoms with Gasteiger partial charge in [-0.25, -0.2) is 0 Å². The molecule has 1 aliphatic rings. The highest BCUT2D eigenvalue weighted by molar-refractivity contribution is 6.30. The van der Waals surface area contributed by atoms with Gasteiger partial charge in [-0.05, 0) is 87.8 Å². The van der Waals surface area contributed by atoms with Crippen LogP contribution in [0.25, 0.3) is 10.9 Å². The summed E-state index contributed by atoms with van der Waals surface area (Å²) in [6.45, 7) is 10.2. The van der Waals surface area contributed by atoms with Gasteiger partial charge >= 0.3 is 0 Å². The average Bonchev–Trinajstić information content (AvgIpc) is 3.33. The molecule has 0 saturated carbocycles. The van der Waals surface area contributed by atoms with Crippen LogP contribution in [0.1, 0.15) is 63.5 Å². The topological polar surface area (TPSA) is 42.6 Å². The molecule has 38 heavy (non-hydrogen) atoms. The van der Waals surface area contributed by atoms with E-state index < -0.39 is 0 Å². The van der Waals surface area contributed by atoms with Gasteiger partial charge < -0.3 is 14.8 Å². The molecule has 1 aromatic heterocycles. The molecule has 4 rings (SSSR count). The summed E-state index contributed by atoms with van der Waals surface area (Å²) in [5, 5.41) is 1.94. The highest BCUT2D eigenvalue weighted by Crippen LogP contribution is 2.36. The Balaban J connectivity index is 1.77. The quantitative estimate of drug-likeness (QED) is 0.272. The number of aromatic nitrogens is 1. The molecular weight excluding hydrogens is 492 g/mol. The summed E-state index contributed by atoms with van der Waals surface area (Å²) in [7, 11) is 4.22. The molecule has 3 atom stereocenters. The number of para-hydroxylation sites is 1. The normalized spacial score (nSPS) is 17.3. The third-order valence-electron chi connectivity index (χ3n) is 8.00. The van der Waals surface area contributed by atoms with Crippen molar-refractivity contribution in [2.24, 2.45) is 5.92 Å². The summed E-state index contributed by atoms with van der Waals surface area (Å²) >= 11 is 6.43. The Labute approximate surface area is 234 Å². The van der Waals surface area contributed by atoms with E-state index >= 15 is 0 Å². The van der Waals surface area contributed by atoms with Crippen molar-refractivity contribution in [3.8, 4) is 0 Å². The first-order valence-electron chi connectivity index (χ1n) is 14.4. The van der Waals surface area contributed by atoms with E-state index in [9.17, 15) is 4.79 Å². The molecule has 0 saturated heterocycles. The Morgan fingerprint density at radius 3 is 2.50 bits per heavy atom. The number of unbranched alkanes of at least 4 members (excludes halogenated alkanes) is 2. The van der Waals surface area contributed by atoms with Crippen LogP contribution in [0.3, 0.4) is 0 Å². The molecule has 1 amide bonds. The molecule has 1 aliphatic heterocycles. The molecule has 5 nitrogen and oxygen atoms in total. The molecule has 0 spiro atoms. The molecule has 2 unspecified atom stereocenters. The van der Waals surface area contributed by atoms with Crippen LogP contribution in [-0.2, 0) is 11.2 Å². The molecule has 3 aromatic rings. The summed E-state index contributed by atoms with van der Waals surface area (Å²) in [4.78, 5) is 25.1. The summed E-state index contributed by atoms with van der Waals surface area (Å²) in [5.41, 5.74) is 4.54. The maximum Gasteiger partial charge on any atom is 0.244 e. The number of amides is 1. The molecule has 0 fully saturated rings. The van der Waals surface area contributed by atoms with Crippen molar-refractivity contribution < 1.29 is 4.79 Å². The SMILES string of the molecule is CCCCN(CCCC)C(C(=O)N1C[C@@H](CN(C)C)Cc2cc(Cl)ccc21)C(C)c1c[nH]c2ccccc12. The predicted octanol–water partition coefficient (Wildman–Crippen LogP) is 6.96. The van der Waals surface area contributed by atoms with Crippen molar-refractivity contribution in [1.82, 2.24) is 14.8 Å². The standard InChI is InChI=1S/C32H45ClN4O/c1-6-8-16-36(17-9-7-2)31(23(3)28-20-34-29-13-11-10-12-27(28)29)32(38)37-22-24(21-35(4)5)18-25-19-26(33)14-15-30(25)37/h10-15,19-20,23-24,31,34H,6-9,16-18,21-22H2,1-5H3/t23?,24-,31?/m1/s1. The Hall–Kier alpha value is -2.34. The third-order valence-corrected chi connectivity index (χ3v) is 8.24. The van der Waals surface area contributed by atoms with Crippen LogP contribution < -0.4 is 4.90 Å². The zero-order valence-electron chi connectivity index (χ0n) is 23.8. The minimum absolute atomic E-state index is 0.0392. The number of H-pyrrole nitrogens is 1. The van der Waals surface area contributed by atoms with E-state index in [1.807, 2.05) is 6.07 Å². The minimum Gasteiger partial charge on any atom is -0.361 e. The Bertz CT molecular complexity index is 1200. The van der Waals surface area contributed by atoms with Gasteiger partial charge in [-0.3, -0.25) is 9.69 Å². The first kappa shape index (κ1) is 28.7. The lowest BCUT2D eigenvalue weighted by Gasteiger charge is -2.42. The van der Waals surface area contributed by atoms with Crippen molar-refractivity contribution >= 4 is 34.1 Å². The summed E-state index contributed by atoms with van der Waals surface area (Å²) in [6, 6.07) is 14.2. The molecule has 6 heteroatoms. The minimum atomic E-state index is -0.242. The van der Waals surface area contributed by atoms with Gasteiger partial charge in [0, 0.05) is 46.8 Å². The Kier molecular flexibility index (Phi) is 9.91. The zero-order valence-corrected chi connectivity index (χ0v) is 24.6. The van der Waals surface area contributed by atoms with Crippen molar-refractivity contribution in [2.45, 2.75) is 64.8 Å². The number of hydrogen-bond acceptors (Lipinski definition) is 3. The van der Waals surface area contributed by atoms with E-state index in [2.05, 4.69) is 97.1 Å². The summed E-state index contributed by atoms with van der Waals surface area (Å²) in [5.74, 6) is 0.614. The van der Waals surface area contributed by atoms with Crippen LogP contribution in [0.15, 0.2) is 48.7 Å². The second-order valence-corrected chi connectivity index (χ2v) is 11.8. The fourth-order valence-corrected chi connectivity index (χ4v) is 6.35. The lowest BCUT2D eigenvalue weighted by molar-refractivity contribution is -0.125. The highest BCUT2D eigenvalue weighted by atomic mass is 35.5. The van der Waals surface area contributed by atoms with Crippen LogP contribution >= 0.6 is 11.6 Å². The second-order valence-electron chi connectivity index (χ2n) is 11.3. The number of anilines is 1. The molecule has 0 aliphatic carbocycles. The van der Waals surface area contributed by atoms with E-state index in [0.717, 1.165) is 74.5 Å². The zero-order chi connectivity index (χ0) is 27.2. The maximum absolute atomic E-state index is 14.8. The van der Waals surface area contributed by atoms with Crippen molar-refractivity contribution in [3.05, 3.63) is 64.8 Å². The molecular formula is C32H45ClN4O. The largest absolute Gasteiger partial charge is 0.361 e. The van der Waals surface area contributed by atoms with E-state index in [1.165, 1.54) is 16.5 Å². The van der Waals surface area contributed by atoms with E-state index in [-0.39, 0.29) is 17.9 Å². The van der Waals surface area contributed by atoms with E-state index in [1.54, 1.807) is 0 Å². The maximum atomic E-state index is 14.8. The van der Waals surface area contributed by atoms with Crippen LogP contribution in [0.2, 0.25) is 5.02 Å². The summed E-state index contributed by atoms with van der Waals surface area (Å²) in [6.07, 6.45) is 7.46. The summed E-state index contributed by atoms with van der Waals surface area (Å²) < 4.78 is 0. The van der Waals surface area contributed by atoms with Gasteiger partial charge in [0.2, 0.25) is 5.91 Å². The highest BCUT2D eigenvalue weighted by Gasteiger charge is 2.39. The first-order valence-corrected chi connectivity index (χ1v) is 14.8. The van der Waals surface area contributed by atoms with Crippen LogP contribution in [0.4, 0.5) is 5.69 Å². The molecule has 1 N–H and O–H groups in total. The number of halogens is 1. The number of nitrogens with zero attached hydrogens (tertiary/aromatic N) is 3. The molecule has 0 radical (unpaired) electrons. The van der Waals surface area contributed by atoms with Crippen LogP contribution in [-0.4, -0.2) is 67.0 Å². The smallest absolute Gasteiger partial charge is 0.244 e. The van der Waals surface area contributed by atoms with E-state index in [4.69, 9.17) is 11.6 Å². The number of benzene rings is 2. The number of nitrogens with one attached hydrogen (secondary N) is 1. The third kappa shape index (κ3) is 6.44.